The molecule has 8 heteroatoms. The normalized spacial score (nSPS) is 18.1. The molecule has 0 bridgehead atoms. The summed E-state index contributed by atoms with van der Waals surface area (Å²) in [5.41, 5.74) is 1.69. The molecule has 1 saturated heterocycles. The first-order chi connectivity index (χ1) is 13.0. The van der Waals surface area contributed by atoms with Gasteiger partial charge < -0.3 is 15.3 Å². The lowest BCUT2D eigenvalue weighted by atomic mass is 10.1. The largest absolute Gasteiger partial charge is 0.507 e. The van der Waals surface area contributed by atoms with Crippen LogP contribution >= 0.6 is 11.3 Å². The van der Waals surface area contributed by atoms with Crippen LogP contribution in [-0.2, 0) is 0 Å². The van der Waals surface area contributed by atoms with Gasteiger partial charge >= 0.3 is 0 Å². The highest BCUT2D eigenvalue weighted by Gasteiger charge is 2.20. The predicted molar refractivity (Wildman–Crippen MR) is 106 cm³/mol. The standard InChI is InChI=1S/C19H22FN5OS/c1-3-25-8-4-5-12(10-25)22-19-21-11(2)17(23-24-19)13-6-7-15-14(18(13)26)9-16(20)27-15/h6-7,9,12,26H,3-5,8,10H2,1-2H3,(H,21,22,24)/t12-/m1/s1. The van der Waals surface area contributed by atoms with E-state index in [-0.39, 0.29) is 10.9 Å². The lowest BCUT2D eigenvalue weighted by Crippen LogP contribution is -2.42. The van der Waals surface area contributed by atoms with Gasteiger partial charge in [-0.05, 0) is 51.1 Å². The molecule has 1 fully saturated rings. The number of halogens is 1. The molecule has 27 heavy (non-hydrogen) atoms. The van der Waals surface area contributed by atoms with Crippen LogP contribution in [0.2, 0.25) is 0 Å². The van der Waals surface area contributed by atoms with Crippen molar-refractivity contribution in [3.8, 4) is 17.0 Å². The van der Waals surface area contributed by atoms with E-state index < -0.39 is 0 Å². The van der Waals surface area contributed by atoms with Crippen LogP contribution in [0.25, 0.3) is 21.3 Å². The molecule has 1 aromatic carbocycles. The minimum absolute atomic E-state index is 0.0124. The molecule has 0 radical (unpaired) electrons. The van der Waals surface area contributed by atoms with Crippen LogP contribution in [-0.4, -0.2) is 50.9 Å². The molecule has 0 aliphatic carbocycles. The average Bonchev–Trinajstić information content (AvgIpc) is 3.04. The van der Waals surface area contributed by atoms with Gasteiger partial charge in [-0.1, -0.05) is 6.92 Å². The Balaban J connectivity index is 1.59. The summed E-state index contributed by atoms with van der Waals surface area (Å²) in [5.74, 6) is 0.514. The SMILES string of the molecule is CCN1CCC[C@@H](Nc2nnc(-c3ccc4sc(F)cc4c3O)c(C)n2)C1. The van der Waals surface area contributed by atoms with Gasteiger partial charge in [-0.15, -0.1) is 21.5 Å². The van der Waals surface area contributed by atoms with Crippen LogP contribution in [0.5, 0.6) is 5.75 Å². The van der Waals surface area contributed by atoms with E-state index in [2.05, 4.69) is 32.3 Å². The van der Waals surface area contributed by atoms with Gasteiger partial charge in [-0.2, -0.15) is 4.39 Å². The van der Waals surface area contributed by atoms with Gasteiger partial charge in [0, 0.05) is 28.2 Å². The minimum Gasteiger partial charge on any atom is -0.507 e. The number of hydrogen-bond donors (Lipinski definition) is 2. The van der Waals surface area contributed by atoms with Crippen molar-refractivity contribution in [3.63, 3.8) is 0 Å². The van der Waals surface area contributed by atoms with E-state index in [4.69, 9.17) is 0 Å². The Morgan fingerprint density at radius 1 is 1.37 bits per heavy atom. The molecule has 6 nitrogen and oxygen atoms in total. The van der Waals surface area contributed by atoms with Crippen LogP contribution in [0.4, 0.5) is 10.3 Å². The quantitative estimate of drug-likeness (QED) is 0.709. The van der Waals surface area contributed by atoms with Crippen LogP contribution in [0.15, 0.2) is 18.2 Å². The molecule has 3 heterocycles. The number of fused-ring (bicyclic) bond motifs is 1. The lowest BCUT2D eigenvalue weighted by Gasteiger charge is -2.32. The Kier molecular flexibility index (Phi) is 4.92. The van der Waals surface area contributed by atoms with E-state index in [9.17, 15) is 9.50 Å². The number of aryl methyl sites for hydroxylation is 1. The maximum Gasteiger partial charge on any atom is 0.243 e. The molecular weight excluding hydrogens is 365 g/mol. The first-order valence-electron chi connectivity index (χ1n) is 9.16. The number of benzene rings is 1. The summed E-state index contributed by atoms with van der Waals surface area (Å²) in [6.45, 7) is 7.16. The second-order valence-corrected chi connectivity index (χ2v) is 7.90. The second kappa shape index (κ2) is 7.36. The fourth-order valence-electron chi connectivity index (χ4n) is 3.61. The number of aromatic nitrogens is 3. The highest BCUT2D eigenvalue weighted by Crippen LogP contribution is 2.39. The van der Waals surface area contributed by atoms with Crippen molar-refractivity contribution >= 4 is 27.4 Å². The lowest BCUT2D eigenvalue weighted by molar-refractivity contribution is 0.226. The van der Waals surface area contributed by atoms with Crippen LogP contribution in [0.3, 0.4) is 0 Å². The molecule has 2 N–H and O–H groups in total. The van der Waals surface area contributed by atoms with E-state index in [1.165, 1.54) is 6.07 Å². The summed E-state index contributed by atoms with van der Waals surface area (Å²) in [7, 11) is 0. The van der Waals surface area contributed by atoms with Crippen molar-refractivity contribution in [3.05, 3.63) is 29.0 Å². The topological polar surface area (TPSA) is 74.2 Å². The molecule has 4 rings (SSSR count). The van der Waals surface area contributed by atoms with Gasteiger partial charge in [-0.25, -0.2) is 4.98 Å². The summed E-state index contributed by atoms with van der Waals surface area (Å²) < 4.78 is 14.2. The number of aromatic hydroxyl groups is 1. The molecule has 3 aromatic rings. The van der Waals surface area contributed by atoms with Gasteiger partial charge in [0.1, 0.15) is 11.4 Å². The van der Waals surface area contributed by atoms with Crippen molar-refractivity contribution in [2.45, 2.75) is 32.7 Å². The smallest absolute Gasteiger partial charge is 0.243 e. The molecular formula is C19H22FN5OS. The van der Waals surface area contributed by atoms with Crippen LogP contribution in [0.1, 0.15) is 25.5 Å². The Morgan fingerprint density at radius 2 is 2.22 bits per heavy atom. The third kappa shape index (κ3) is 3.59. The summed E-state index contributed by atoms with van der Waals surface area (Å²) in [6.07, 6.45) is 2.24. The molecule has 0 spiro atoms. The Bertz CT molecular complexity index is 976. The molecule has 1 aliphatic heterocycles. The van der Waals surface area contributed by atoms with Crippen molar-refractivity contribution in [1.82, 2.24) is 20.1 Å². The van der Waals surface area contributed by atoms with E-state index in [1.807, 2.05) is 6.92 Å². The number of rotatable bonds is 4. The van der Waals surface area contributed by atoms with E-state index >= 15 is 0 Å². The second-order valence-electron chi connectivity index (χ2n) is 6.87. The Hall–Kier alpha value is -2.32. The molecule has 2 aromatic heterocycles. The van der Waals surface area contributed by atoms with Crippen molar-refractivity contribution in [2.24, 2.45) is 0 Å². The number of anilines is 1. The predicted octanol–water partition coefficient (Wildman–Crippen LogP) is 3.80. The highest BCUT2D eigenvalue weighted by molar-refractivity contribution is 7.17. The van der Waals surface area contributed by atoms with Gasteiger partial charge in [0.15, 0.2) is 5.13 Å². The number of nitrogens with one attached hydrogen (secondary N) is 1. The number of piperidine rings is 1. The fraction of sp³-hybridized carbons (Fsp3) is 0.421. The Labute approximate surface area is 161 Å². The molecule has 1 aliphatic rings. The zero-order chi connectivity index (χ0) is 19.0. The maximum absolute atomic E-state index is 13.5. The maximum atomic E-state index is 13.5. The third-order valence-corrected chi connectivity index (χ3v) is 5.93. The summed E-state index contributed by atoms with van der Waals surface area (Å²) in [6, 6.07) is 5.17. The number of nitrogens with zero attached hydrogens (tertiary/aromatic N) is 4. The van der Waals surface area contributed by atoms with Crippen molar-refractivity contribution < 1.29 is 9.50 Å². The zero-order valence-electron chi connectivity index (χ0n) is 15.4. The fourth-order valence-corrected chi connectivity index (χ4v) is 4.40. The molecule has 0 amide bonds. The highest BCUT2D eigenvalue weighted by atomic mass is 32.1. The zero-order valence-corrected chi connectivity index (χ0v) is 16.2. The summed E-state index contributed by atoms with van der Waals surface area (Å²) in [5, 5.41) is 22.6. The van der Waals surface area contributed by atoms with Crippen LogP contribution in [0, 0.1) is 12.1 Å². The van der Waals surface area contributed by atoms with Crippen LogP contribution < -0.4 is 5.32 Å². The summed E-state index contributed by atoms with van der Waals surface area (Å²) >= 11 is 1.01. The number of thiophene rings is 1. The number of likely N-dealkylation sites (tertiary alicyclic amines) is 1. The van der Waals surface area contributed by atoms with Gasteiger partial charge in [-0.3, -0.25) is 0 Å². The van der Waals surface area contributed by atoms with Gasteiger partial charge in [0.2, 0.25) is 5.95 Å². The van der Waals surface area contributed by atoms with Crippen molar-refractivity contribution in [2.75, 3.05) is 25.0 Å². The number of phenolic OH excluding ortho intramolecular Hbond substituents is 1. The monoisotopic (exact) mass is 387 g/mol. The Morgan fingerprint density at radius 3 is 3.00 bits per heavy atom. The molecule has 0 unspecified atom stereocenters. The molecule has 0 saturated carbocycles. The average molecular weight is 387 g/mol. The minimum atomic E-state index is -0.327. The first kappa shape index (κ1) is 18.1. The first-order valence-corrected chi connectivity index (χ1v) is 9.98. The number of likely N-dealkylation sites (N-methyl/N-ethyl adjacent to an activating group) is 1. The van der Waals surface area contributed by atoms with E-state index in [1.54, 1.807) is 12.1 Å². The van der Waals surface area contributed by atoms with Crippen molar-refractivity contribution in [1.29, 1.82) is 0 Å². The molecule has 1 atom stereocenters. The third-order valence-electron chi connectivity index (χ3n) is 5.04. The van der Waals surface area contributed by atoms with E-state index in [0.717, 1.165) is 43.8 Å². The number of hydrogen-bond acceptors (Lipinski definition) is 7. The van der Waals surface area contributed by atoms with E-state index in [0.29, 0.717) is 39.0 Å². The molecule has 142 valence electrons. The number of phenols is 1. The van der Waals surface area contributed by atoms with Gasteiger partial charge in [0.05, 0.1) is 5.69 Å². The summed E-state index contributed by atoms with van der Waals surface area (Å²) in [4.78, 5) is 6.94. The van der Waals surface area contributed by atoms with Gasteiger partial charge in [0.25, 0.3) is 0 Å².